The minimum atomic E-state index is 0.865. The molecule has 1 saturated carbocycles. The molecule has 90 valence electrons. The summed E-state index contributed by atoms with van der Waals surface area (Å²) in [6, 6.07) is 3.10. The van der Waals surface area contributed by atoms with Gasteiger partial charge in [-0.05, 0) is 76.6 Å². The van der Waals surface area contributed by atoms with Crippen molar-refractivity contribution in [2.24, 2.45) is 0 Å². The summed E-state index contributed by atoms with van der Waals surface area (Å²) in [5.74, 6) is 0. The predicted octanol–water partition coefficient (Wildman–Crippen LogP) is 4.74. The molecule has 1 N–H and O–H groups in total. The largest absolute Gasteiger partial charge is 0.314 e. The molecule has 1 aromatic heterocycles. The lowest BCUT2D eigenvalue weighted by Crippen LogP contribution is -2.17. The third-order valence-corrected chi connectivity index (χ3v) is 6.12. The first-order valence-electron chi connectivity index (χ1n) is 5.93. The van der Waals surface area contributed by atoms with Crippen molar-refractivity contribution in [3.63, 3.8) is 0 Å². The normalized spacial score (nSPS) is 15.6. The molecule has 2 rings (SSSR count). The SMILES string of the molecule is Brc1cc(CCCCCNC2CC2)sc1Br. The molecule has 0 radical (unpaired) electrons. The van der Waals surface area contributed by atoms with Gasteiger partial charge in [0.2, 0.25) is 0 Å². The molecule has 0 unspecified atom stereocenters. The number of unbranched alkanes of at least 4 members (excludes halogenated alkanes) is 2. The third-order valence-electron chi connectivity index (χ3n) is 2.81. The molecule has 1 aliphatic rings. The van der Waals surface area contributed by atoms with Crippen LogP contribution in [0.5, 0.6) is 0 Å². The van der Waals surface area contributed by atoms with Crippen molar-refractivity contribution >= 4 is 43.2 Å². The smallest absolute Gasteiger partial charge is 0.0843 e. The zero-order valence-corrected chi connectivity index (χ0v) is 13.3. The van der Waals surface area contributed by atoms with Gasteiger partial charge in [0.25, 0.3) is 0 Å². The van der Waals surface area contributed by atoms with Gasteiger partial charge in [-0.2, -0.15) is 0 Å². The fraction of sp³-hybridized carbons (Fsp3) is 0.667. The molecule has 0 bridgehead atoms. The molecule has 0 spiro atoms. The van der Waals surface area contributed by atoms with E-state index in [0.29, 0.717) is 0 Å². The number of rotatable bonds is 7. The van der Waals surface area contributed by atoms with Crippen LogP contribution in [0.4, 0.5) is 0 Å². The highest BCUT2D eigenvalue weighted by Crippen LogP contribution is 2.33. The van der Waals surface area contributed by atoms with Gasteiger partial charge in [-0.3, -0.25) is 0 Å². The molecular weight excluding hydrogens is 350 g/mol. The lowest BCUT2D eigenvalue weighted by atomic mass is 10.2. The van der Waals surface area contributed by atoms with Crippen LogP contribution in [0.3, 0.4) is 0 Å². The van der Waals surface area contributed by atoms with Crippen LogP contribution in [0.1, 0.15) is 37.0 Å². The lowest BCUT2D eigenvalue weighted by Gasteiger charge is -2.01. The van der Waals surface area contributed by atoms with E-state index in [4.69, 9.17) is 0 Å². The van der Waals surface area contributed by atoms with Gasteiger partial charge in [-0.1, -0.05) is 6.42 Å². The predicted molar refractivity (Wildman–Crippen MR) is 78.3 cm³/mol. The van der Waals surface area contributed by atoms with Crippen LogP contribution in [0.25, 0.3) is 0 Å². The first kappa shape index (κ1) is 13.1. The second-order valence-corrected chi connectivity index (χ2v) is 7.68. The van der Waals surface area contributed by atoms with Crippen molar-refractivity contribution in [1.29, 1.82) is 0 Å². The summed E-state index contributed by atoms with van der Waals surface area (Å²) in [4.78, 5) is 1.48. The lowest BCUT2D eigenvalue weighted by molar-refractivity contribution is 0.601. The first-order chi connectivity index (χ1) is 7.75. The summed E-state index contributed by atoms with van der Waals surface area (Å²) in [5.41, 5.74) is 0. The van der Waals surface area contributed by atoms with Crippen molar-refractivity contribution in [3.8, 4) is 0 Å². The topological polar surface area (TPSA) is 12.0 Å². The summed E-state index contributed by atoms with van der Waals surface area (Å²) in [6.45, 7) is 1.21. The molecule has 1 nitrogen and oxygen atoms in total. The van der Waals surface area contributed by atoms with Gasteiger partial charge in [0.05, 0.1) is 3.79 Å². The number of halogens is 2. The van der Waals surface area contributed by atoms with E-state index in [1.54, 1.807) is 0 Å². The molecule has 16 heavy (non-hydrogen) atoms. The van der Waals surface area contributed by atoms with Crippen LogP contribution in [0.15, 0.2) is 14.3 Å². The maximum absolute atomic E-state index is 3.56. The Morgan fingerprint density at radius 3 is 2.69 bits per heavy atom. The Labute approximate surface area is 118 Å². The van der Waals surface area contributed by atoms with E-state index in [9.17, 15) is 0 Å². The Kier molecular flexibility index (Phi) is 5.33. The molecule has 0 aromatic carbocycles. The maximum atomic E-state index is 3.56. The second-order valence-electron chi connectivity index (χ2n) is 4.37. The molecular formula is C12H17Br2NS. The number of aryl methyl sites for hydroxylation is 1. The van der Waals surface area contributed by atoms with Gasteiger partial charge in [-0.15, -0.1) is 11.3 Å². The van der Waals surface area contributed by atoms with Crippen molar-refractivity contribution in [1.82, 2.24) is 5.32 Å². The van der Waals surface area contributed by atoms with E-state index < -0.39 is 0 Å². The zero-order chi connectivity index (χ0) is 11.4. The van der Waals surface area contributed by atoms with E-state index in [1.165, 1.54) is 58.2 Å². The number of thiophene rings is 1. The molecule has 1 heterocycles. The van der Waals surface area contributed by atoms with Crippen LogP contribution in [0.2, 0.25) is 0 Å². The summed E-state index contributed by atoms with van der Waals surface area (Å²) >= 11 is 8.91. The van der Waals surface area contributed by atoms with Crippen molar-refractivity contribution in [2.75, 3.05) is 6.54 Å². The summed E-state index contributed by atoms with van der Waals surface area (Å²) in [7, 11) is 0. The van der Waals surface area contributed by atoms with Gasteiger partial charge < -0.3 is 5.32 Å². The summed E-state index contributed by atoms with van der Waals surface area (Å²) in [5, 5.41) is 3.56. The van der Waals surface area contributed by atoms with E-state index in [-0.39, 0.29) is 0 Å². The van der Waals surface area contributed by atoms with Crippen LogP contribution >= 0.6 is 43.2 Å². The molecule has 1 fully saturated rings. The molecule has 1 aromatic rings. The molecule has 0 saturated heterocycles. The van der Waals surface area contributed by atoms with E-state index in [1.807, 2.05) is 11.3 Å². The average Bonchev–Trinajstić information content (AvgIpc) is 3.01. The van der Waals surface area contributed by atoms with Gasteiger partial charge >= 0.3 is 0 Å². The Bertz CT molecular complexity index is 314. The van der Waals surface area contributed by atoms with E-state index in [2.05, 4.69) is 43.2 Å². The first-order valence-corrected chi connectivity index (χ1v) is 8.33. The van der Waals surface area contributed by atoms with E-state index in [0.717, 1.165) is 6.04 Å². The minimum Gasteiger partial charge on any atom is -0.314 e. The third kappa shape index (κ3) is 4.47. The number of nitrogens with one attached hydrogen (secondary N) is 1. The maximum Gasteiger partial charge on any atom is 0.0843 e. The van der Waals surface area contributed by atoms with Gasteiger partial charge in [-0.25, -0.2) is 0 Å². The minimum absolute atomic E-state index is 0.865. The average molecular weight is 367 g/mol. The van der Waals surface area contributed by atoms with Gasteiger partial charge in [0.15, 0.2) is 0 Å². The van der Waals surface area contributed by atoms with Crippen LogP contribution < -0.4 is 5.32 Å². The monoisotopic (exact) mass is 365 g/mol. The molecule has 0 aliphatic heterocycles. The Balaban J connectivity index is 1.53. The van der Waals surface area contributed by atoms with Crippen LogP contribution in [0, 0.1) is 0 Å². The Morgan fingerprint density at radius 2 is 2.06 bits per heavy atom. The second kappa shape index (κ2) is 6.53. The quantitative estimate of drug-likeness (QED) is 0.687. The number of hydrogen-bond acceptors (Lipinski definition) is 2. The Hall–Kier alpha value is 0.620. The van der Waals surface area contributed by atoms with Crippen LogP contribution in [-0.4, -0.2) is 12.6 Å². The number of hydrogen-bond donors (Lipinski definition) is 1. The highest BCUT2D eigenvalue weighted by molar-refractivity contribution is 9.13. The fourth-order valence-corrected chi connectivity index (χ4v) is 3.93. The van der Waals surface area contributed by atoms with E-state index >= 15 is 0 Å². The van der Waals surface area contributed by atoms with Gasteiger partial charge in [0.1, 0.15) is 0 Å². The standard InChI is InChI=1S/C12H17Br2NS/c13-11-8-10(16-12(11)14)4-2-1-3-7-15-9-5-6-9/h8-9,15H,1-7H2. The van der Waals surface area contributed by atoms with Crippen molar-refractivity contribution in [3.05, 3.63) is 19.2 Å². The summed E-state index contributed by atoms with van der Waals surface area (Å²) < 4.78 is 2.42. The zero-order valence-electron chi connectivity index (χ0n) is 9.27. The molecule has 4 heteroatoms. The fourth-order valence-electron chi connectivity index (χ4n) is 1.71. The van der Waals surface area contributed by atoms with Crippen molar-refractivity contribution in [2.45, 2.75) is 44.6 Å². The summed E-state index contributed by atoms with van der Waals surface area (Å²) in [6.07, 6.45) is 8.00. The van der Waals surface area contributed by atoms with Crippen LogP contribution in [-0.2, 0) is 6.42 Å². The highest BCUT2D eigenvalue weighted by atomic mass is 79.9. The highest BCUT2D eigenvalue weighted by Gasteiger charge is 2.19. The molecule has 1 aliphatic carbocycles. The van der Waals surface area contributed by atoms with Crippen molar-refractivity contribution < 1.29 is 0 Å². The molecule has 0 amide bonds. The van der Waals surface area contributed by atoms with Gasteiger partial charge in [0, 0.05) is 15.4 Å². The molecule has 0 atom stereocenters. The Morgan fingerprint density at radius 1 is 1.25 bits per heavy atom.